The monoisotopic (exact) mass is 295 g/mol. The Morgan fingerprint density at radius 1 is 1.33 bits per heavy atom. The van der Waals surface area contributed by atoms with Gasteiger partial charge in [-0.2, -0.15) is 0 Å². The van der Waals surface area contributed by atoms with Crippen molar-refractivity contribution < 1.29 is 19.2 Å². The van der Waals surface area contributed by atoms with Gasteiger partial charge in [-0.3, -0.25) is 10.1 Å². The number of urea groups is 1. The molecule has 0 saturated heterocycles. The van der Waals surface area contributed by atoms with Crippen LogP contribution in [0.3, 0.4) is 0 Å². The molecule has 1 aromatic heterocycles. The molecule has 0 radical (unpaired) electrons. The summed E-state index contributed by atoms with van der Waals surface area (Å²) in [6.45, 7) is 3.95. The first-order chi connectivity index (χ1) is 9.95. The van der Waals surface area contributed by atoms with E-state index in [-0.39, 0.29) is 23.9 Å². The maximum atomic E-state index is 11.9. The SMILES string of the molecule is CC(C)c1cc(NC(=O)NC2CCC(C(=O)O)CC2)no1. The van der Waals surface area contributed by atoms with Gasteiger partial charge >= 0.3 is 12.0 Å². The van der Waals surface area contributed by atoms with Crippen molar-refractivity contribution in [2.75, 3.05) is 5.32 Å². The van der Waals surface area contributed by atoms with Crippen molar-refractivity contribution in [1.29, 1.82) is 0 Å². The topological polar surface area (TPSA) is 104 Å². The molecule has 0 aliphatic heterocycles. The van der Waals surface area contributed by atoms with Crippen LogP contribution in [-0.4, -0.2) is 28.3 Å². The van der Waals surface area contributed by atoms with Crippen LogP contribution in [0.2, 0.25) is 0 Å². The van der Waals surface area contributed by atoms with Crippen molar-refractivity contribution in [1.82, 2.24) is 10.5 Å². The quantitative estimate of drug-likeness (QED) is 0.791. The number of nitrogens with zero attached hydrogens (tertiary/aromatic N) is 1. The number of carboxylic acid groups (broad SMARTS) is 1. The lowest BCUT2D eigenvalue weighted by molar-refractivity contribution is -0.142. The molecule has 2 amide bonds. The van der Waals surface area contributed by atoms with Crippen LogP contribution in [0, 0.1) is 5.92 Å². The summed E-state index contributed by atoms with van der Waals surface area (Å²) in [6.07, 6.45) is 2.56. The Morgan fingerprint density at radius 2 is 2.00 bits per heavy atom. The Hall–Kier alpha value is -2.05. The number of aromatic nitrogens is 1. The standard InChI is InChI=1S/C14H21N3O4/c1-8(2)11-7-12(17-21-11)16-14(20)15-10-5-3-9(4-6-10)13(18)19/h7-10H,3-6H2,1-2H3,(H,18,19)(H2,15,16,17,20). The molecular weight excluding hydrogens is 274 g/mol. The maximum absolute atomic E-state index is 11.9. The van der Waals surface area contributed by atoms with Gasteiger partial charge < -0.3 is 14.9 Å². The molecular formula is C14H21N3O4. The highest BCUT2D eigenvalue weighted by atomic mass is 16.5. The average molecular weight is 295 g/mol. The normalized spacial score (nSPS) is 22.0. The molecule has 0 unspecified atom stereocenters. The van der Waals surface area contributed by atoms with E-state index < -0.39 is 5.97 Å². The number of anilines is 1. The lowest BCUT2D eigenvalue weighted by Gasteiger charge is -2.26. The van der Waals surface area contributed by atoms with Gasteiger partial charge in [-0.15, -0.1) is 0 Å². The van der Waals surface area contributed by atoms with Gasteiger partial charge in [0.2, 0.25) is 0 Å². The van der Waals surface area contributed by atoms with E-state index in [1.165, 1.54) is 0 Å². The van der Waals surface area contributed by atoms with Crippen molar-refractivity contribution in [3.63, 3.8) is 0 Å². The zero-order valence-corrected chi connectivity index (χ0v) is 12.3. The Kier molecular flexibility index (Phi) is 4.82. The number of rotatable bonds is 4. The number of amides is 2. The summed E-state index contributed by atoms with van der Waals surface area (Å²) >= 11 is 0. The summed E-state index contributed by atoms with van der Waals surface area (Å²) in [5.74, 6) is 0.280. The molecule has 116 valence electrons. The molecule has 0 bridgehead atoms. The molecule has 3 N–H and O–H groups in total. The maximum Gasteiger partial charge on any atom is 0.320 e. The van der Waals surface area contributed by atoms with Crippen molar-refractivity contribution in [2.24, 2.45) is 5.92 Å². The average Bonchev–Trinajstić information content (AvgIpc) is 2.87. The minimum atomic E-state index is -0.748. The Balaban J connectivity index is 1.78. The molecule has 1 aliphatic carbocycles. The van der Waals surface area contributed by atoms with E-state index >= 15 is 0 Å². The Labute approximate surface area is 123 Å². The fourth-order valence-corrected chi connectivity index (χ4v) is 2.44. The number of aliphatic carboxylic acids is 1. The van der Waals surface area contributed by atoms with Crippen LogP contribution in [0.15, 0.2) is 10.6 Å². The zero-order valence-electron chi connectivity index (χ0n) is 12.3. The van der Waals surface area contributed by atoms with Gasteiger partial charge in [-0.1, -0.05) is 19.0 Å². The van der Waals surface area contributed by atoms with Gasteiger partial charge in [0.15, 0.2) is 5.82 Å². The Bertz CT molecular complexity index is 504. The van der Waals surface area contributed by atoms with E-state index in [0.717, 1.165) is 0 Å². The summed E-state index contributed by atoms with van der Waals surface area (Å²) in [5, 5.41) is 18.2. The van der Waals surface area contributed by atoms with E-state index in [1.54, 1.807) is 6.07 Å². The first-order valence-corrected chi connectivity index (χ1v) is 7.22. The molecule has 1 heterocycles. The third-order valence-electron chi connectivity index (χ3n) is 3.75. The first-order valence-electron chi connectivity index (χ1n) is 7.22. The second-order valence-corrected chi connectivity index (χ2v) is 5.75. The van der Waals surface area contributed by atoms with Crippen LogP contribution in [0.1, 0.15) is 51.2 Å². The Morgan fingerprint density at radius 3 is 2.52 bits per heavy atom. The molecule has 0 atom stereocenters. The van der Waals surface area contributed by atoms with Crippen molar-refractivity contribution in [3.8, 4) is 0 Å². The van der Waals surface area contributed by atoms with Crippen LogP contribution in [0.5, 0.6) is 0 Å². The van der Waals surface area contributed by atoms with Gasteiger partial charge in [0, 0.05) is 18.0 Å². The second kappa shape index (κ2) is 6.60. The number of carbonyl (C=O) groups excluding carboxylic acids is 1. The highest BCUT2D eigenvalue weighted by Crippen LogP contribution is 2.24. The van der Waals surface area contributed by atoms with Gasteiger partial charge in [0.05, 0.1) is 5.92 Å². The number of hydrogen-bond donors (Lipinski definition) is 3. The first kappa shape index (κ1) is 15.3. The molecule has 1 aliphatic rings. The van der Waals surface area contributed by atoms with Crippen molar-refractivity contribution in [3.05, 3.63) is 11.8 Å². The van der Waals surface area contributed by atoms with Crippen LogP contribution >= 0.6 is 0 Å². The van der Waals surface area contributed by atoms with Gasteiger partial charge in [0.25, 0.3) is 0 Å². The highest BCUT2D eigenvalue weighted by Gasteiger charge is 2.26. The predicted octanol–water partition coefficient (Wildman–Crippen LogP) is 2.56. The molecule has 7 heteroatoms. The van der Waals surface area contributed by atoms with Crippen LogP contribution in [0.4, 0.5) is 10.6 Å². The van der Waals surface area contributed by atoms with Crippen LogP contribution < -0.4 is 10.6 Å². The third kappa shape index (κ3) is 4.21. The van der Waals surface area contributed by atoms with Crippen molar-refractivity contribution in [2.45, 2.75) is 51.5 Å². The summed E-state index contributed by atoms with van der Waals surface area (Å²) in [5.41, 5.74) is 0. The summed E-state index contributed by atoms with van der Waals surface area (Å²) in [4.78, 5) is 22.7. The van der Waals surface area contributed by atoms with E-state index in [0.29, 0.717) is 37.3 Å². The number of carboxylic acids is 1. The highest BCUT2D eigenvalue weighted by molar-refractivity contribution is 5.88. The van der Waals surface area contributed by atoms with E-state index in [4.69, 9.17) is 9.63 Å². The minimum absolute atomic E-state index is 0.0112. The number of hydrogen-bond acceptors (Lipinski definition) is 4. The fourth-order valence-electron chi connectivity index (χ4n) is 2.44. The largest absolute Gasteiger partial charge is 0.481 e. The van der Waals surface area contributed by atoms with Crippen molar-refractivity contribution >= 4 is 17.8 Å². The van der Waals surface area contributed by atoms with Gasteiger partial charge in [0.1, 0.15) is 5.76 Å². The van der Waals surface area contributed by atoms with E-state index in [9.17, 15) is 9.59 Å². The molecule has 2 rings (SSSR count). The van der Waals surface area contributed by atoms with Crippen LogP contribution in [0.25, 0.3) is 0 Å². The molecule has 0 aromatic carbocycles. The molecule has 1 fully saturated rings. The molecule has 21 heavy (non-hydrogen) atoms. The number of carbonyl (C=O) groups is 2. The third-order valence-corrected chi connectivity index (χ3v) is 3.75. The lowest BCUT2D eigenvalue weighted by Crippen LogP contribution is -2.41. The second-order valence-electron chi connectivity index (χ2n) is 5.75. The van der Waals surface area contributed by atoms with E-state index in [1.807, 2.05) is 13.8 Å². The molecule has 1 aromatic rings. The van der Waals surface area contributed by atoms with E-state index in [2.05, 4.69) is 15.8 Å². The minimum Gasteiger partial charge on any atom is -0.481 e. The smallest absolute Gasteiger partial charge is 0.320 e. The zero-order chi connectivity index (χ0) is 15.4. The lowest BCUT2D eigenvalue weighted by atomic mass is 9.86. The summed E-state index contributed by atoms with van der Waals surface area (Å²) < 4.78 is 5.10. The fraction of sp³-hybridized carbons (Fsp3) is 0.643. The number of nitrogens with one attached hydrogen (secondary N) is 2. The molecule has 1 saturated carbocycles. The predicted molar refractivity (Wildman–Crippen MR) is 76.1 cm³/mol. The molecule has 0 spiro atoms. The molecule has 7 nitrogen and oxygen atoms in total. The van der Waals surface area contributed by atoms with Gasteiger partial charge in [-0.25, -0.2) is 4.79 Å². The summed E-state index contributed by atoms with van der Waals surface area (Å²) in [7, 11) is 0. The summed E-state index contributed by atoms with van der Waals surface area (Å²) in [6, 6.07) is 1.38. The van der Waals surface area contributed by atoms with Crippen LogP contribution in [-0.2, 0) is 4.79 Å². The van der Waals surface area contributed by atoms with Gasteiger partial charge in [-0.05, 0) is 25.7 Å².